The van der Waals surface area contributed by atoms with E-state index in [1.807, 2.05) is 24.3 Å². The Labute approximate surface area is 135 Å². The van der Waals surface area contributed by atoms with Gasteiger partial charge in [0, 0.05) is 22.9 Å². The smallest absolute Gasteiger partial charge is 0.119 e. The molecule has 0 saturated heterocycles. The Morgan fingerprint density at radius 1 is 1.19 bits per heavy atom. The number of benzene rings is 1. The summed E-state index contributed by atoms with van der Waals surface area (Å²) in [7, 11) is 0. The van der Waals surface area contributed by atoms with Gasteiger partial charge in [-0.1, -0.05) is 29.8 Å². The maximum Gasteiger partial charge on any atom is 0.119 e. The molecule has 1 N–H and O–H groups in total. The summed E-state index contributed by atoms with van der Waals surface area (Å²) in [4.78, 5) is 0. The number of halogens is 1. The lowest BCUT2D eigenvalue weighted by Gasteiger charge is -2.14. The first kappa shape index (κ1) is 16.1. The molecule has 0 spiro atoms. The molecule has 0 aliphatic heterocycles. The van der Waals surface area contributed by atoms with Crippen molar-refractivity contribution >= 4 is 15.9 Å². The average Bonchev–Trinajstić information content (AvgIpc) is 2.95. The second-order valence-electron chi connectivity index (χ2n) is 5.00. The number of hydrogen-bond acceptors (Lipinski definition) is 2. The Bertz CT molecular complexity index is 536. The highest BCUT2D eigenvalue weighted by atomic mass is 79.9. The van der Waals surface area contributed by atoms with Crippen LogP contribution < -0.4 is 10.1 Å². The molecule has 1 aromatic carbocycles. The zero-order chi connectivity index (χ0) is 15.1. The number of nitrogens with one attached hydrogen (secondary N) is 1. The predicted molar refractivity (Wildman–Crippen MR) is 90.8 cm³/mol. The molecule has 3 nitrogen and oxygen atoms in total. The van der Waals surface area contributed by atoms with Crippen molar-refractivity contribution in [3.8, 4) is 5.75 Å². The van der Waals surface area contributed by atoms with E-state index in [2.05, 4.69) is 58.1 Å². The highest BCUT2D eigenvalue weighted by Crippen LogP contribution is 2.18. The largest absolute Gasteiger partial charge is 0.492 e. The second-order valence-corrected chi connectivity index (χ2v) is 5.92. The van der Waals surface area contributed by atoms with Crippen LogP contribution in [0.3, 0.4) is 0 Å². The normalized spacial score (nSPS) is 12.3. The van der Waals surface area contributed by atoms with E-state index in [1.165, 1.54) is 5.56 Å². The molecule has 1 aromatic heterocycles. The van der Waals surface area contributed by atoms with Crippen LogP contribution in [0.15, 0.2) is 47.2 Å². The molecule has 0 amide bonds. The molecule has 0 bridgehead atoms. The van der Waals surface area contributed by atoms with Crippen molar-refractivity contribution in [2.45, 2.75) is 32.9 Å². The Morgan fingerprint density at radius 2 is 1.95 bits per heavy atom. The van der Waals surface area contributed by atoms with Gasteiger partial charge in [0.05, 0.1) is 6.54 Å². The van der Waals surface area contributed by atoms with Gasteiger partial charge in [-0.05, 0) is 48.9 Å². The van der Waals surface area contributed by atoms with Crippen molar-refractivity contribution < 1.29 is 4.74 Å². The molecule has 1 unspecified atom stereocenters. The minimum absolute atomic E-state index is 0.448. The van der Waals surface area contributed by atoms with Gasteiger partial charge in [0.2, 0.25) is 0 Å². The monoisotopic (exact) mass is 350 g/mol. The average molecular weight is 351 g/mol. The number of aromatic nitrogens is 1. The van der Waals surface area contributed by atoms with Gasteiger partial charge in [-0.2, -0.15) is 0 Å². The van der Waals surface area contributed by atoms with Crippen LogP contribution in [-0.4, -0.2) is 17.7 Å². The van der Waals surface area contributed by atoms with E-state index < -0.39 is 0 Å². The SMILES string of the molecule is CCNC(CC)c1ccn(CCOc2ccc(Br)cc2)c1. The van der Waals surface area contributed by atoms with Crippen LogP contribution in [0.25, 0.3) is 0 Å². The molecule has 1 heterocycles. The quantitative estimate of drug-likeness (QED) is 0.763. The molecule has 4 heteroatoms. The second kappa shape index (κ2) is 8.25. The minimum atomic E-state index is 0.448. The van der Waals surface area contributed by atoms with Crippen LogP contribution in [0, 0.1) is 0 Å². The summed E-state index contributed by atoms with van der Waals surface area (Å²) in [6.07, 6.45) is 5.44. The van der Waals surface area contributed by atoms with Crippen molar-refractivity contribution in [2.75, 3.05) is 13.2 Å². The van der Waals surface area contributed by atoms with E-state index in [0.29, 0.717) is 12.6 Å². The minimum Gasteiger partial charge on any atom is -0.492 e. The van der Waals surface area contributed by atoms with Gasteiger partial charge in [-0.3, -0.25) is 0 Å². The predicted octanol–water partition coefficient (Wildman–Crippen LogP) is 4.39. The lowest BCUT2D eigenvalue weighted by atomic mass is 10.1. The van der Waals surface area contributed by atoms with Gasteiger partial charge in [0.1, 0.15) is 12.4 Å². The topological polar surface area (TPSA) is 26.2 Å². The number of nitrogens with zero attached hydrogens (tertiary/aromatic N) is 1. The molecule has 0 fully saturated rings. The third kappa shape index (κ3) is 4.90. The third-order valence-corrected chi connectivity index (χ3v) is 4.00. The van der Waals surface area contributed by atoms with Gasteiger partial charge in [0.15, 0.2) is 0 Å². The molecular weight excluding hydrogens is 328 g/mol. The van der Waals surface area contributed by atoms with E-state index in [0.717, 1.165) is 29.7 Å². The van der Waals surface area contributed by atoms with Crippen LogP contribution in [-0.2, 0) is 6.54 Å². The van der Waals surface area contributed by atoms with E-state index in [-0.39, 0.29) is 0 Å². The molecule has 0 aliphatic carbocycles. The molecular formula is C17H23BrN2O. The van der Waals surface area contributed by atoms with E-state index >= 15 is 0 Å². The summed E-state index contributed by atoms with van der Waals surface area (Å²) in [5, 5.41) is 3.50. The zero-order valence-corrected chi connectivity index (χ0v) is 14.3. The van der Waals surface area contributed by atoms with Crippen LogP contribution in [0.4, 0.5) is 0 Å². The molecule has 2 rings (SSSR count). The van der Waals surface area contributed by atoms with Gasteiger partial charge in [-0.15, -0.1) is 0 Å². The summed E-state index contributed by atoms with van der Waals surface area (Å²) in [5.74, 6) is 0.907. The van der Waals surface area contributed by atoms with Gasteiger partial charge in [0.25, 0.3) is 0 Å². The lowest BCUT2D eigenvalue weighted by Crippen LogP contribution is -2.19. The Balaban J connectivity index is 1.83. The first-order valence-corrected chi connectivity index (χ1v) is 8.29. The zero-order valence-electron chi connectivity index (χ0n) is 12.7. The standard InChI is InChI=1S/C17H23BrN2O/c1-3-17(19-4-2)14-9-10-20(13-14)11-12-21-16-7-5-15(18)6-8-16/h5-10,13,17,19H,3-4,11-12H2,1-2H3. The number of hydrogen-bond donors (Lipinski definition) is 1. The fraction of sp³-hybridized carbons (Fsp3) is 0.412. The summed E-state index contributed by atoms with van der Waals surface area (Å²) in [5.41, 5.74) is 1.35. The summed E-state index contributed by atoms with van der Waals surface area (Å²) < 4.78 is 9.01. The molecule has 114 valence electrons. The van der Waals surface area contributed by atoms with Crippen LogP contribution in [0.5, 0.6) is 5.75 Å². The molecule has 0 aliphatic rings. The highest BCUT2D eigenvalue weighted by molar-refractivity contribution is 9.10. The van der Waals surface area contributed by atoms with Crippen molar-refractivity contribution in [3.05, 3.63) is 52.8 Å². The maximum absolute atomic E-state index is 5.75. The fourth-order valence-corrected chi connectivity index (χ4v) is 2.61. The van der Waals surface area contributed by atoms with Crippen molar-refractivity contribution in [3.63, 3.8) is 0 Å². The van der Waals surface area contributed by atoms with E-state index in [9.17, 15) is 0 Å². The number of rotatable bonds is 8. The molecule has 0 radical (unpaired) electrons. The van der Waals surface area contributed by atoms with Crippen molar-refractivity contribution in [2.24, 2.45) is 0 Å². The van der Waals surface area contributed by atoms with Crippen molar-refractivity contribution in [1.29, 1.82) is 0 Å². The van der Waals surface area contributed by atoms with Crippen LogP contribution in [0.2, 0.25) is 0 Å². The first-order chi connectivity index (χ1) is 10.2. The molecule has 2 aromatic rings. The summed E-state index contributed by atoms with van der Waals surface area (Å²) in [6, 6.07) is 10.6. The number of ether oxygens (including phenoxy) is 1. The summed E-state index contributed by atoms with van der Waals surface area (Å²) in [6.45, 7) is 6.88. The van der Waals surface area contributed by atoms with E-state index in [4.69, 9.17) is 4.74 Å². The Kier molecular flexibility index (Phi) is 6.33. The Hall–Kier alpha value is -1.26. The Morgan fingerprint density at radius 3 is 2.62 bits per heavy atom. The molecule has 1 atom stereocenters. The van der Waals surface area contributed by atoms with Gasteiger partial charge >= 0.3 is 0 Å². The summed E-state index contributed by atoms with van der Waals surface area (Å²) >= 11 is 3.42. The maximum atomic E-state index is 5.75. The molecule has 0 saturated carbocycles. The van der Waals surface area contributed by atoms with Crippen LogP contribution >= 0.6 is 15.9 Å². The highest BCUT2D eigenvalue weighted by Gasteiger charge is 2.08. The van der Waals surface area contributed by atoms with E-state index in [1.54, 1.807) is 0 Å². The third-order valence-electron chi connectivity index (χ3n) is 3.47. The van der Waals surface area contributed by atoms with Gasteiger partial charge < -0.3 is 14.6 Å². The molecule has 21 heavy (non-hydrogen) atoms. The lowest BCUT2D eigenvalue weighted by molar-refractivity contribution is 0.298. The van der Waals surface area contributed by atoms with Crippen LogP contribution in [0.1, 0.15) is 31.9 Å². The van der Waals surface area contributed by atoms with Crippen molar-refractivity contribution in [1.82, 2.24) is 9.88 Å². The van der Waals surface area contributed by atoms with Gasteiger partial charge in [-0.25, -0.2) is 0 Å². The fourth-order valence-electron chi connectivity index (χ4n) is 2.35. The first-order valence-electron chi connectivity index (χ1n) is 7.50.